The summed E-state index contributed by atoms with van der Waals surface area (Å²) in [6, 6.07) is 0. The van der Waals surface area contributed by atoms with Crippen LogP contribution in [0.15, 0.2) is 23.8 Å². The van der Waals surface area contributed by atoms with Crippen molar-refractivity contribution in [2.75, 3.05) is 0 Å². The molecule has 0 bridgehead atoms. The van der Waals surface area contributed by atoms with Crippen molar-refractivity contribution < 1.29 is 9.90 Å². The van der Waals surface area contributed by atoms with Gasteiger partial charge in [-0.2, -0.15) is 0 Å². The number of rotatable bonds is 2. The molecule has 0 atom stereocenters. The van der Waals surface area contributed by atoms with E-state index in [0.717, 1.165) is 12.0 Å². The van der Waals surface area contributed by atoms with Crippen LogP contribution in [0.4, 0.5) is 0 Å². The lowest BCUT2D eigenvalue weighted by Gasteiger charge is -1.92. The van der Waals surface area contributed by atoms with E-state index in [2.05, 4.69) is 0 Å². The summed E-state index contributed by atoms with van der Waals surface area (Å²) < 4.78 is 0. The van der Waals surface area contributed by atoms with Gasteiger partial charge in [-0.25, -0.2) is 0 Å². The van der Waals surface area contributed by atoms with E-state index in [0.29, 0.717) is 0 Å². The quantitative estimate of drug-likeness (QED) is 0.603. The van der Waals surface area contributed by atoms with Crippen molar-refractivity contribution in [3.05, 3.63) is 23.8 Å². The number of carboxylic acids is 1. The van der Waals surface area contributed by atoms with Crippen molar-refractivity contribution in [1.82, 2.24) is 0 Å². The molecule has 1 N–H and O–H groups in total. The molecule has 0 radical (unpaired) electrons. The first-order valence-electron chi connectivity index (χ1n) is 2.85. The van der Waals surface area contributed by atoms with E-state index < -0.39 is 5.97 Å². The highest BCUT2D eigenvalue weighted by molar-refractivity contribution is 5.70. The van der Waals surface area contributed by atoms with E-state index in [1.165, 1.54) is 0 Å². The number of hydrogen-bond donors (Lipinski definition) is 1. The second-order valence-electron chi connectivity index (χ2n) is 2.03. The minimum atomic E-state index is -0.745. The summed E-state index contributed by atoms with van der Waals surface area (Å²) in [6.45, 7) is 0. The summed E-state index contributed by atoms with van der Waals surface area (Å²) in [4.78, 5) is 10.1. The Labute approximate surface area is 53.5 Å². The Balaban J connectivity index is 2.39. The van der Waals surface area contributed by atoms with Crippen molar-refractivity contribution in [3.8, 4) is 0 Å². The van der Waals surface area contributed by atoms with Crippen LogP contribution in [-0.4, -0.2) is 11.1 Å². The smallest absolute Gasteiger partial charge is 0.307 e. The maximum Gasteiger partial charge on any atom is 0.307 e. The van der Waals surface area contributed by atoms with Crippen LogP contribution in [0.1, 0.15) is 12.8 Å². The molecule has 0 aromatic carbocycles. The summed E-state index contributed by atoms with van der Waals surface area (Å²) in [7, 11) is 0. The molecule has 1 aliphatic rings. The SMILES string of the molecule is O=C(O)CC1=CC=CC1. The van der Waals surface area contributed by atoms with Gasteiger partial charge < -0.3 is 5.11 Å². The normalized spacial score (nSPS) is 15.8. The summed E-state index contributed by atoms with van der Waals surface area (Å²) in [5, 5.41) is 8.31. The molecule has 9 heavy (non-hydrogen) atoms. The molecule has 0 fully saturated rings. The Morgan fingerprint density at radius 2 is 2.56 bits per heavy atom. The predicted octanol–water partition coefficient (Wildman–Crippen LogP) is 1.35. The van der Waals surface area contributed by atoms with Gasteiger partial charge in [-0.3, -0.25) is 4.79 Å². The van der Waals surface area contributed by atoms with Crippen LogP contribution in [-0.2, 0) is 4.79 Å². The van der Waals surface area contributed by atoms with Crippen molar-refractivity contribution in [3.63, 3.8) is 0 Å². The molecule has 0 saturated carbocycles. The van der Waals surface area contributed by atoms with E-state index in [1.807, 2.05) is 18.2 Å². The predicted molar refractivity (Wildman–Crippen MR) is 34.1 cm³/mol. The minimum absolute atomic E-state index is 0.187. The molecule has 0 aromatic rings. The van der Waals surface area contributed by atoms with Crippen molar-refractivity contribution in [2.45, 2.75) is 12.8 Å². The molecule has 1 aliphatic carbocycles. The van der Waals surface area contributed by atoms with Gasteiger partial charge in [0.25, 0.3) is 0 Å². The van der Waals surface area contributed by atoms with Gasteiger partial charge in [-0.15, -0.1) is 0 Å². The minimum Gasteiger partial charge on any atom is -0.481 e. The molecule has 0 saturated heterocycles. The van der Waals surface area contributed by atoms with Gasteiger partial charge in [0.2, 0.25) is 0 Å². The molecule has 1 rings (SSSR count). The molecule has 0 aliphatic heterocycles. The van der Waals surface area contributed by atoms with Gasteiger partial charge in [0.05, 0.1) is 6.42 Å². The van der Waals surface area contributed by atoms with Gasteiger partial charge in [-0.05, 0) is 6.42 Å². The average molecular weight is 124 g/mol. The van der Waals surface area contributed by atoms with Gasteiger partial charge in [0.1, 0.15) is 0 Å². The highest BCUT2D eigenvalue weighted by Crippen LogP contribution is 2.13. The van der Waals surface area contributed by atoms with Crippen LogP contribution in [0.25, 0.3) is 0 Å². The fourth-order valence-electron chi connectivity index (χ4n) is 0.817. The highest BCUT2D eigenvalue weighted by Gasteiger charge is 2.03. The van der Waals surface area contributed by atoms with Crippen LogP contribution in [0.3, 0.4) is 0 Å². The number of aliphatic carboxylic acids is 1. The monoisotopic (exact) mass is 124 g/mol. The van der Waals surface area contributed by atoms with E-state index in [4.69, 9.17) is 5.11 Å². The van der Waals surface area contributed by atoms with Crippen LogP contribution >= 0.6 is 0 Å². The first kappa shape index (κ1) is 6.08. The van der Waals surface area contributed by atoms with E-state index in [-0.39, 0.29) is 6.42 Å². The van der Waals surface area contributed by atoms with Gasteiger partial charge in [0, 0.05) is 0 Å². The lowest BCUT2D eigenvalue weighted by atomic mass is 10.2. The molecular formula is C7H8O2. The molecule has 2 heteroatoms. The molecule has 2 nitrogen and oxygen atoms in total. The Bertz CT molecular complexity index is 177. The van der Waals surface area contributed by atoms with Gasteiger partial charge in [-0.1, -0.05) is 23.8 Å². The standard InChI is InChI=1S/C7H8O2/c8-7(9)5-6-3-1-2-4-6/h1-3H,4-5H2,(H,8,9). The zero-order chi connectivity index (χ0) is 6.69. The third-order valence-corrected chi connectivity index (χ3v) is 1.23. The fourth-order valence-corrected chi connectivity index (χ4v) is 0.817. The Hall–Kier alpha value is -1.05. The van der Waals surface area contributed by atoms with E-state index >= 15 is 0 Å². The third kappa shape index (κ3) is 1.72. The highest BCUT2D eigenvalue weighted by atomic mass is 16.4. The number of hydrogen-bond acceptors (Lipinski definition) is 1. The summed E-state index contributed by atoms with van der Waals surface area (Å²) >= 11 is 0. The molecular weight excluding hydrogens is 116 g/mol. The van der Waals surface area contributed by atoms with Crippen molar-refractivity contribution in [2.24, 2.45) is 0 Å². The zero-order valence-electron chi connectivity index (χ0n) is 5.00. The summed E-state index contributed by atoms with van der Waals surface area (Å²) in [5.41, 5.74) is 0.988. The molecule has 0 amide bonds. The maximum atomic E-state index is 10.1. The zero-order valence-corrected chi connectivity index (χ0v) is 5.00. The first-order chi connectivity index (χ1) is 4.29. The first-order valence-corrected chi connectivity index (χ1v) is 2.85. The summed E-state index contributed by atoms with van der Waals surface area (Å²) in [6.07, 6.45) is 6.70. The third-order valence-electron chi connectivity index (χ3n) is 1.23. The number of carbonyl (C=O) groups is 1. The second kappa shape index (κ2) is 2.49. The van der Waals surface area contributed by atoms with Crippen molar-refractivity contribution >= 4 is 5.97 Å². The molecule has 0 unspecified atom stereocenters. The van der Waals surface area contributed by atoms with Crippen LogP contribution in [0.5, 0.6) is 0 Å². The van der Waals surface area contributed by atoms with Crippen molar-refractivity contribution in [1.29, 1.82) is 0 Å². The lowest BCUT2D eigenvalue weighted by Crippen LogP contribution is -1.94. The summed E-state index contributed by atoms with van der Waals surface area (Å²) in [5.74, 6) is -0.745. The maximum absolute atomic E-state index is 10.1. The topological polar surface area (TPSA) is 37.3 Å². The Kier molecular flexibility index (Phi) is 1.68. The van der Waals surface area contributed by atoms with E-state index in [9.17, 15) is 4.79 Å². The molecule has 0 heterocycles. The van der Waals surface area contributed by atoms with Crippen LogP contribution in [0.2, 0.25) is 0 Å². The average Bonchev–Trinajstić information content (AvgIpc) is 2.15. The Morgan fingerprint density at radius 1 is 1.78 bits per heavy atom. The Morgan fingerprint density at radius 3 is 3.00 bits per heavy atom. The largest absolute Gasteiger partial charge is 0.481 e. The van der Waals surface area contributed by atoms with E-state index in [1.54, 1.807) is 0 Å². The fraction of sp³-hybridized carbons (Fsp3) is 0.286. The second-order valence-corrected chi connectivity index (χ2v) is 2.03. The van der Waals surface area contributed by atoms with Gasteiger partial charge >= 0.3 is 5.97 Å². The van der Waals surface area contributed by atoms with Crippen LogP contribution < -0.4 is 0 Å². The lowest BCUT2D eigenvalue weighted by molar-refractivity contribution is -0.136. The molecule has 0 aromatic heterocycles. The van der Waals surface area contributed by atoms with Gasteiger partial charge in [0.15, 0.2) is 0 Å². The molecule has 0 spiro atoms. The molecule has 48 valence electrons. The number of carboxylic acid groups (broad SMARTS) is 1. The number of allylic oxidation sites excluding steroid dienone is 3. The van der Waals surface area contributed by atoms with Crippen LogP contribution in [0, 0.1) is 0 Å².